The predicted octanol–water partition coefficient (Wildman–Crippen LogP) is 27.0. The molecule has 770 valence electrons. The van der Waals surface area contributed by atoms with Crippen molar-refractivity contribution in [1.29, 1.82) is 0 Å². The Hall–Kier alpha value is -3.99. The van der Waals surface area contributed by atoms with E-state index in [1.807, 2.05) is 37.3 Å². The number of para-hydroxylation sites is 1. The largest absolute Gasteiger partial charge is 0.416 e. The van der Waals surface area contributed by atoms with Crippen molar-refractivity contribution in [2.24, 2.45) is 17.8 Å². The van der Waals surface area contributed by atoms with E-state index in [0.717, 1.165) is 86.9 Å². The van der Waals surface area contributed by atoms with Crippen molar-refractivity contribution in [3.8, 4) is 0 Å². The third-order valence-corrected chi connectivity index (χ3v) is 65.3. The molecule has 12 rings (SSSR count). The van der Waals surface area contributed by atoms with Gasteiger partial charge in [0.2, 0.25) is 5.91 Å². The third-order valence-electron chi connectivity index (χ3n) is 34.4. The second kappa shape index (κ2) is 45.4. The van der Waals surface area contributed by atoms with Crippen LogP contribution in [-0.4, -0.2) is 179 Å². The Balaban J connectivity index is 0.896. The molecular formula is C115H187NO15Si7. The van der Waals surface area contributed by atoms with Gasteiger partial charge in [-0.25, -0.2) is 0 Å². The Kier molecular flexibility index (Phi) is 37.1. The summed E-state index contributed by atoms with van der Waals surface area (Å²) < 4.78 is 111. The van der Waals surface area contributed by atoms with E-state index < -0.39 is 134 Å². The van der Waals surface area contributed by atoms with Gasteiger partial charge in [-0.15, -0.1) is 0 Å². The number of carbonyl (C=O) groups excluding carboxylic acids is 1. The van der Waals surface area contributed by atoms with Crippen molar-refractivity contribution < 1.29 is 68.9 Å². The molecule has 16 nitrogen and oxygen atoms in total. The summed E-state index contributed by atoms with van der Waals surface area (Å²) in [7, 11) is -18.0. The first-order chi connectivity index (χ1) is 64.8. The highest BCUT2D eigenvalue weighted by Crippen LogP contribution is 2.59. The normalized spacial score (nSPS) is 28.8. The zero-order chi connectivity index (χ0) is 101. The van der Waals surface area contributed by atoms with Crippen LogP contribution >= 0.6 is 0 Å². The Morgan fingerprint density at radius 2 is 1.05 bits per heavy atom. The molecule has 0 aliphatic carbocycles. The van der Waals surface area contributed by atoms with E-state index in [1.165, 1.54) is 26.3 Å². The summed E-state index contributed by atoms with van der Waals surface area (Å²) in [5.41, 5.74) is 1.01. The first-order valence-electron chi connectivity index (χ1n) is 54.2. The lowest BCUT2D eigenvalue weighted by Crippen LogP contribution is -2.70. The van der Waals surface area contributed by atoms with E-state index in [-0.39, 0.29) is 64.4 Å². The number of hydrogen-bond acceptors (Lipinski definition) is 15. The summed E-state index contributed by atoms with van der Waals surface area (Å²) in [6.45, 7) is 76.3. The van der Waals surface area contributed by atoms with Gasteiger partial charge in [0.05, 0.1) is 78.2 Å². The fraction of sp³-hybridized carbons (Fsp3) is 0.696. The van der Waals surface area contributed by atoms with Crippen LogP contribution in [0.3, 0.4) is 0 Å². The summed E-state index contributed by atoms with van der Waals surface area (Å²) in [4.78, 5) is 14.3. The maximum absolute atomic E-state index is 14.3. The topological polar surface area (TPSA) is 158 Å². The van der Waals surface area contributed by atoms with Crippen LogP contribution in [0.25, 0.3) is 0 Å². The van der Waals surface area contributed by atoms with E-state index in [2.05, 4.69) is 358 Å². The molecule has 23 heteroatoms. The molecule has 1 amide bonds. The number of carbonyl (C=O) groups is 1. The van der Waals surface area contributed by atoms with Crippen molar-refractivity contribution in [1.82, 2.24) is 0 Å². The minimum absolute atomic E-state index is 0.0258. The monoisotopic (exact) mass is 2020 g/mol. The molecule has 7 aliphatic heterocycles. The fourth-order valence-corrected chi connectivity index (χ4v) is 48.7. The molecule has 20 unspecified atom stereocenters. The summed E-state index contributed by atoms with van der Waals surface area (Å²) in [5, 5.41) is 7.25. The number of anilines is 1. The van der Waals surface area contributed by atoms with Gasteiger partial charge in [0.15, 0.2) is 53.2 Å². The van der Waals surface area contributed by atoms with E-state index in [9.17, 15) is 4.79 Å². The summed E-state index contributed by atoms with van der Waals surface area (Å²) in [6.07, 6.45) is 12.2. The molecular weight excluding hydrogens is 1830 g/mol. The molecule has 0 radical (unpaired) electrons. The maximum atomic E-state index is 14.3. The van der Waals surface area contributed by atoms with Crippen LogP contribution in [0.2, 0.25) is 101 Å². The van der Waals surface area contributed by atoms with E-state index in [0.29, 0.717) is 74.8 Å². The van der Waals surface area contributed by atoms with E-state index in [1.54, 1.807) is 0 Å². The summed E-state index contributed by atoms with van der Waals surface area (Å²) in [5.74, 6) is -2.38. The van der Waals surface area contributed by atoms with Gasteiger partial charge in [-0.3, -0.25) is 4.79 Å². The molecule has 7 saturated heterocycles. The predicted molar refractivity (Wildman–Crippen MR) is 587 cm³/mol. The van der Waals surface area contributed by atoms with Crippen molar-refractivity contribution in [3.05, 3.63) is 175 Å². The maximum Gasteiger partial charge on any atom is 0.261 e. The third kappa shape index (κ3) is 24.7. The number of allylic oxidation sites excluding steroid dienone is 3. The minimum atomic E-state index is -3.43. The quantitative estimate of drug-likeness (QED) is 0.0290. The number of nitrogens with one attached hydrogen (secondary N) is 1. The number of ether oxygens (including phenoxy) is 7. The first-order valence-corrected chi connectivity index (χ1v) is 71.5. The van der Waals surface area contributed by atoms with Gasteiger partial charge >= 0.3 is 0 Å². The lowest BCUT2D eigenvalue weighted by atomic mass is 9.87. The molecule has 2 bridgehead atoms. The molecule has 1 N–H and O–H groups in total. The molecule has 20 atom stereocenters. The molecule has 7 aliphatic rings. The highest BCUT2D eigenvalue weighted by Gasteiger charge is 2.69. The average molecular weight is 2020 g/mol. The van der Waals surface area contributed by atoms with E-state index >= 15 is 0 Å². The van der Waals surface area contributed by atoms with Crippen LogP contribution in [-0.2, 0) is 68.9 Å². The van der Waals surface area contributed by atoms with Crippen molar-refractivity contribution >= 4 is 90.6 Å². The Labute approximate surface area is 844 Å². The van der Waals surface area contributed by atoms with Crippen LogP contribution < -0.4 is 26.1 Å². The van der Waals surface area contributed by atoms with Crippen LogP contribution in [0, 0.1) is 17.8 Å². The summed E-state index contributed by atoms with van der Waals surface area (Å²) >= 11 is 0. The van der Waals surface area contributed by atoms with Crippen LogP contribution in [0.4, 0.5) is 5.69 Å². The molecule has 7 heterocycles. The number of rotatable bonds is 45. The van der Waals surface area contributed by atoms with Gasteiger partial charge in [-0.05, 0) is 218 Å². The smallest absolute Gasteiger partial charge is 0.261 e. The van der Waals surface area contributed by atoms with Crippen molar-refractivity contribution in [2.75, 3.05) is 18.5 Å². The minimum Gasteiger partial charge on any atom is -0.416 e. The zero-order valence-corrected chi connectivity index (χ0v) is 98.7. The Bertz CT molecular complexity index is 4590. The van der Waals surface area contributed by atoms with Gasteiger partial charge in [-0.2, -0.15) is 0 Å². The number of amides is 1. The molecule has 138 heavy (non-hydrogen) atoms. The van der Waals surface area contributed by atoms with Crippen molar-refractivity contribution in [3.63, 3.8) is 0 Å². The molecule has 5 aromatic rings. The first kappa shape index (κ1) is 113. The second-order valence-electron chi connectivity index (χ2n) is 49.2. The summed E-state index contributed by atoms with van der Waals surface area (Å²) in [6, 6.07) is 59.9. The SMILES string of the molecule is CC[Si](CC)(CC)OC1CC(C)(C(O[Si](c2ccccc2)(c2ccccc2)C(C)(C)C)C2CCC3(CCCC(C(C)C(=O)Nc4ccccc4)O3)O2)OC1C1CC2(CO[Si](c3ccccc3)(c3ccccc3)C(C)(C)C)CCC(C3CCC(C)(CC(C)C=C(C)C=CC4OC(C(O[Si](CC)(CC)CC)C(O[Si](C)(C)C(C)(C)C)C(C)CCO[Si](C(C)C)(C(C)C)C(C)C)CC4O[Si](C)(C)C)O3)(O1)O2. The lowest BCUT2D eigenvalue weighted by molar-refractivity contribution is -0.368. The molecule has 0 saturated carbocycles. The lowest BCUT2D eigenvalue weighted by Gasteiger charge is -2.51. The van der Waals surface area contributed by atoms with Gasteiger partial charge in [-0.1, -0.05) is 329 Å². The van der Waals surface area contributed by atoms with Crippen LogP contribution in [0.15, 0.2) is 175 Å². The highest BCUT2D eigenvalue weighted by molar-refractivity contribution is 7.00. The fourth-order valence-electron chi connectivity index (χ4n) is 25.5. The van der Waals surface area contributed by atoms with Crippen LogP contribution in [0.1, 0.15) is 277 Å². The van der Waals surface area contributed by atoms with Crippen molar-refractivity contribution in [2.45, 2.75) is 479 Å². The molecule has 7 fully saturated rings. The Morgan fingerprint density at radius 3 is 1.56 bits per heavy atom. The van der Waals surface area contributed by atoms with Gasteiger partial charge in [0.1, 0.15) is 24.4 Å². The zero-order valence-electron chi connectivity index (χ0n) is 91.7. The second-order valence-corrected chi connectivity index (χ2v) is 81.9. The standard InChI is InChI=1S/C115H187NO15Si7/c1-33-134(34-2,35-3)127-101-80-112(27,106(130-138(110(23,24)25,93-61-50-42-51-62-93)94-63-52-43-53-64-94)97-68-73-114(122-97)71-54-65-95(121-114)89(16)107(117)116-90-55-44-39-45-56-90)125-104(101)100-81-113(82-119-137(109(20,21)22,91-57-46-40-47-58-91)92-59-48-41-49-60-92)74-75-115(123-100,131-113)102-69-72-111(26,124-102)79-87(14)77-86(13)66-67-96-98(126-132(28,29)30)78-99(120-96)105(129-135(36-4,37-5)38-6)103(128-133(31,32)108(17,18)19)88(15)70-76-118-136(83(7)8,84(9)10)85(11)12/h39-53,55-64,66-67,77,83-85,87-89,95-106H,33-38,54,65,68-76,78-82H2,1-32H3,(H,116,117). The van der Waals surface area contributed by atoms with Gasteiger partial charge in [0.25, 0.3) is 16.6 Å². The average Bonchev–Trinajstić information content (AvgIpc) is 1.50. The highest BCUT2D eigenvalue weighted by atomic mass is 28.4. The number of benzene rings is 5. The van der Waals surface area contributed by atoms with Gasteiger partial charge in [0, 0.05) is 50.8 Å². The van der Waals surface area contributed by atoms with Gasteiger partial charge < -0.3 is 69.5 Å². The van der Waals surface area contributed by atoms with Crippen LogP contribution in [0.5, 0.6) is 0 Å². The Morgan fingerprint density at radius 1 is 0.529 bits per heavy atom. The molecule has 5 aromatic carbocycles. The number of fused-ring (bicyclic) bond motifs is 2. The molecule has 1 spiro atoms. The molecule has 0 aromatic heterocycles. The van der Waals surface area contributed by atoms with E-state index in [4.69, 9.17) is 64.1 Å². The number of hydrogen-bond donors (Lipinski definition) is 1.